The maximum atomic E-state index is 13.6. The van der Waals surface area contributed by atoms with Crippen LogP contribution in [0, 0.1) is 5.82 Å². The predicted molar refractivity (Wildman–Crippen MR) is 98.5 cm³/mol. The van der Waals surface area contributed by atoms with Crippen molar-refractivity contribution in [2.24, 2.45) is 0 Å². The number of benzene rings is 1. The Morgan fingerprint density at radius 2 is 1.81 bits per heavy atom. The molecule has 0 bridgehead atoms. The van der Waals surface area contributed by atoms with E-state index in [0.717, 1.165) is 12.1 Å². The van der Waals surface area contributed by atoms with Crippen molar-refractivity contribution in [2.45, 2.75) is 0 Å². The maximum absolute atomic E-state index is 13.6. The summed E-state index contributed by atoms with van der Waals surface area (Å²) < 4.78 is 18.5. The van der Waals surface area contributed by atoms with Gasteiger partial charge in [-0.25, -0.2) is 9.18 Å². The Morgan fingerprint density at radius 1 is 1.11 bits per heavy atom. The summed E-state index contributed by atoms with van der Waals surface area (Å²) in [7, 11) is 0. The number of piperazine rings is 1. The van der Waals surface area contributed by atoms with Gasteiger partial charge >= 0.3 is 5.97 Å². The molecule has 1 aromatic heterocycles. The third-order valence-corrected chi connectivity index (χ3v) is 5.22. The van der Waals surface area contributed by atoms with Crippen LogP contribution in [0.5, 0.6) is 0 Å². The lowest BCUT2D eigenvalue weighted by molar-refractivity contribution is -0.136. The lowest BCUT2D eigenvalue weighted by Crippen LogP contribution is -2.51. The van der Waals surface area contributed by atoms with Crippen LogP contribution in [-0.4, -0.2) is 60.4 Å². The number of carbonyl (C=O) groups is 3. The molecule has 142 valence electrons. The highest BCUT2D eigenvalue weighted by atomic mass is 35.5. The average Bonchev–Trinajstić information content (AvgIpc) is 3.22. The monoisotopic (exact) mass is 410 g/mol. The van der Waals surface area contributed by atoms with E-state index >= 15 is 0 Å². The van der Waals surface area contributed by atoms with Crippen LogP contribution < -0.4 is 0 Å². The Kier molecular flexibility index (Phi) is 6.08. The zero-order chi connectivity index (χ0) is 19.4. The van der Waals surface area contributed by atoms with Gasteiger partial charge in [0.2, 0.25) is 0 Å². The normalized spacial score (nSPS) is 14.1. The van der Waals surface area contributed by atoms with Gasteiger partial charge in [0.15, 0.2) is 6.61 Å². The first-order valence-electron chi connectivity index (χ1n) is 8.18. The summed E-state index contributed by atoms with van der Waals surface area (Å²) in [4.78, 5) is 40.3. The van der Waals surface area contributed by atoms with Crippen LogP contribution >= 0.6 is 22.9 Å². The summed E-state index contributed by atoms with van der Waals surface area (Å²) in [6.45, 7) is 1.00. The third-order valence-electron chi connectivity index (χ3n) is 4.13. The fraction of sp³-hybridized carbons (Fsp3) is 0.278. The number of rotatable bonds is 4. The van der Waals surface area contributed by atoms with E-state index in [1.807, 2.05) is 11.4 Å². The van der Waals surface area contributed by atoms with E-state index in [1.54, 1.807) is 11.0 Å². The van der Waals surface area contributed by atoms with Gasteiger partial charge in [-0.3, -0.25) is 9.59 Å². The van der Waals surface area contributed by atoms with E-state index in [9.17, 15) is 18.8 Å². The minimum atomic E-state index is -0.949. The quantitative estimate of drug-likeness (QED) is 0.727. The van der Waals surface area contributed by atoms with Gasteiger partial charge in [-0.05, 0) is 29.6 Å². The molecule has 1 fully saturated rings. The molecule has 1 aliphatic heterocycles. The van der Waals surface area contributed by atoms with Crippen molar-refractivity contribution in [3.8, 4) is 0 Å². The zero-order valence-electron chi connectivity index (χ0n) is 14.2. The molecule has 2 aromatic rings. The van der Waals surface area contributed by atoms with Crippen molar-refractivity contribution in [3.63, 3.8) is 0 Å². The van der Waals surface area contributed by atoms with Gasteiger partial charge in [-0.1, -0.05) is 17.7 Å². The molecular formula is C18H16ClFN2O4S. The van der Waals surface area contributed by atoms with Crippen LogP contribution in [0.1, 0.15) is 20.0 Å². The van der Waals surface area contributed by atoms with Crippen molar-refractivity contribution < 1.29 is 23.5 Å². The highest BCUT2D eigenvalue weighted by Crippen LogP contribution is 2.16. The number of ether oxygens (including phenoxy) is 1. The Balaban J connectivity index is 1.49. The van der Waals surface area contributed by atoms with Crippen molar-refractivity contribution in [2.75, 3.05) is 32.8 Å². The van der Waals surface area contributed by atoms with Gasteiger partial charge in [0.05, 0.1) is 10.4 Å². The maximum Gasteiger partial charge on any atom is 0.341 e. The number of hydrogen-bond acceptors (Lipinski definition) is 5. The van der Waals surface area contributed by atoms with Gasteiger partial charge in [0.1, 0.15) is 5.82 Å². The van der Waals surface area contributed by atoms with Crippen LogP contribution in [0.3, 0.4) is 0 Å². The molecule has 1 aliphatic rings. The van der Waals surface area contributed by atoms with Crippen molar-refractivity contribution in [3.05, 3.63) is 57.0 Å². The standard InChI is InChI=1S/C18H16ClFN2O4S/c19-12-3-4-14(20)13(10-12)18(25)26-11-16(23)21-5-7-22(8-6-21)17(24)15-2-1-9-27-15/h1-4,9-10H,5-8,11H2. The highest BCUT2D eigenvalue weighted by Gasteiger charge is 2.26. The van der Waals surface area contributed by atoms with E-state index in [-0.39, 0.29) is 16.5 Å². The number of hydrogen-bond donors (Lipinski definition) is 0. The minimum absolute atomic E-state index is 0.0556. The number of thiophene rings is 1. The predicted octanol–water partition coefficient (Wildman–Crippen LogP) is 2.68. The molecule has 6 nitrogen and oxygen atoms in total. The first-order chi connectivity index (χ1) is 13.0. The second-order valence-corrected chi connectivity index (χ2v) is 7.23. The molecule has 27 heavy (non-hydrogen) atoms. The molecule has 1 aromatic carbocycles. The van der Waals surface area contributed by atoms with Crippen LogP contribution in [0.15, 0.2) is 35.7 Å². The zero-order valence-corrected chi connectivity index (χ0v) is 15.8. The first kappa shape index (κ1) is 19.3. The third kappa shape index (κ3) is 4.64. The van der Waals surface area contributed by atoms with Crippen LogP contribution in [0.25, 0.3) is 0 Å². The number of nitrogens with zero attached hydrogens (tertiary/aromatic N) is 2. The summed E-state index contributed by atoms with van der Waals surface area (Å²) in [5.74, 6) is -2.17. The highest BCUT2D eigenvalue weighted by molar-refractivity contribution is 7.12. The molecule has 0 aliphatic carbocycles. The lowest BCUT2D eigenvalue weighted by atomic mass is 10.2. The molecule has 0 radical (unpaired) electrons. The largest absolute Gasteiger partial charge is 0.452 e. The Labute approximate surface area is 164 Å². The summed E-state index contributed by atoms with van der Waals surface area (Å²) in [6.07, 6.45) is 0. The lowest BCUT2D eigenvalue weighted by Gasteiger charge is -2.34. The molecule has 0 atom stereocenters. The van der Waals surface area contributed by atoms with Crippen molar-refractivity contribution >= 4 is 40.7 Å². The Bertz CT molecular complexity index is 851. The van der Waals surface area contributed by atoms with Gasteiger partial charge in [0, 0.05) is 31.2 Å². The van der Waals surface area contributed by atoms with E-state index < -0.39 is 24.3 Å². The molecule has 9 heteroatoms. The van der Waals surface area contributed by atoms with E-state index in [0.29, 0.717) is 31.1 Å². The van der Waals surface area contributed by atoms with Gasteiger partial charge in [-0.15, -0.1) is 11.3 Å². The molecule has 0 unspecified atom stereocenters. The molecule has 0 saturated carbocycles. The Hall–Kier alpha value is -2.45. The van der Waals surface area contributed by atoms with Crippen molar-refractivity contribution in [1.82, 2.24) is 9.80 Å². The Morgan fingerprint density at radius 3 is 2.48 bits per heavy atom. The summed E-state index contributed by atoms with van der Waals surface area (Å²) in [5, 5.41) is 2.03. The summed E-state index contributed by atoms with van der Waals surface area (Å²) in [6, 6.07) is 7.10. The van der Waals surface area contributed by atoms with Crippen LogP contribution in [-0.2, 0) is 9.53 Å². The van der Waals surface area contributed by atoms with Crippen molar-refractivity contribution in [1.29, 1.82) is 0 Å². The number of esters is 1. The van der Waals surface area contributed by atoms with Gasteiger partial charge < -0.3 is 14.5 Å². The SMILES string of the molecule is O=C(OCC(=O)N1CCN(C(=O)c2cccs2)CC1)c1cc(Cl)ccc1F. The summed E-state index contributed by atoms with van der Waals surface area (Å²) >= 11 is 7.11. The minimum Gasteiger partial charge on any atom is -0.452 e. The number of amides is 2. The molecule has 1 saturated heterocycles. The molecule has 0 N–H and O–H groups in total. The smallest absolute Gasteiger partial charge is 0.341 e. The molecule has 2 amide bonds. The van der Waals surface area contributed by atoms with Gasteiger partial charge in [-0.2, -0.15) is 0 Å². The molecular weight excluding hydrogens is 395 g/mol. The van der Waals surface area contributed by atoms with Gasteiger partial charge in [0.25, 0.3) is 11.8 Å². The van der Waals surface area contributed by atoms with E-state index in [4.69, 9.17) is 16.3 Å². The number of carbonyl (C=O) groups excluding carboxylic acids is 3. The van der Waals surface area contributed by atoms with E-state index in [1.165, 1.54) is 22.3 Å². The molecule has 0 spiro atoms. The molecule has 3 rings (SSSR count). The fourth-order valence-corrected chi connectivity index (χ4v) is 3.53. The van der Waals surface area contributed by atoms with Crippen LogP contribution in [0.4, 0.5) is 4.39 Å². The average molecular weight is 411 g/mol. The van der Waals surface area contributed by atoms with Crippen LogP contribution in [0.2, 0.25) is 5.02 Å². The first-order valence-corrected chi connectivity index (χ1v) is 9.44. The second-order valence-electron chi connectivity index (χ2n) is 5.85. The second kappa shape index (κ2) is 8.49. The number of halogens is 2. The van der Waals surface area contributed by atoms with E-state index in [2.05, 4.69) is 0 Å². The fourth-order valence-electron chi connectivity index (χ4n) is 2.67. The topological polar surface area (TPSA) is 66.9 Å². The summed E-state index contributed by atoms with van der Waals surface area (Å²) in [5.41, 5.74) is -0.318. The molecule has 2 heterocycles.